The molecule has 2 N–H and O–H groups in total. The monoisotopic (exact) mass is 254 g/mol. The summed E-state index contributed by atoms with van der Waals surface area (Å²) in [4.78, 5) is -0.0860. The first-order valence-electron chi connectivity index (χ1n) is 4.96. The summed E-state index contributed by atoms with van der Waals surface area (Å²) in [6.07, 6.45) is -0.739. The third-order valence-corrected chi connectivity index (χ3v) is 3.08. The van der Waals surface area contributed by atoms with Crippen LogP contribution >= 0.6 is 0 Å². The highest BCUT2D eigenvalue weighted by Gasteiger charge is 2.19. The number of benzene rings is 1. The molecule has 0 aliphatic carbocycles. The van der Waals surface area contributed by atoms with Crippen LogP contribution < -0.4 is 9.88 Å². The normalized spacial score (nSPS) is 12.9. The lowest BCUT2D eigenvalue weighted by atomic mass is 10.1. The Morgan fingerprint density at radius 1 is 1.41 bits per heavy atom. The fourth-order valence-electron chi connectivity index (χ4n) is 1.48. The molecule has 0 heterocycles. The van der Waals surface area contributed by atoms with Gasteiger partial charge in [-0.25, -0.2) is 13.6 Å². The summed E-state index contributed by atoms with van der Waals surface area (Å²) in [6, 6.07) is 5.08. The summed E-state index contributed by atoms with van der Waals surface area (Å²) in [5.41, 5.74) is 1.40. The third-order valence-electron chi connectivity index (χ3n) is 2.17. The average Bonchev–Trinajstić information content (AvgIpc) is 2.19. The van der Waals surface area contributed by atoms with Crippen molar-refractivity contribution in [2.45, 2.75) is 31.8 Å². The predicted octanol–water partition coefficient (Wildman–Crippen LogP) is 1.24. The quantitative estimate of drug-likeness (QED) is 0.878. The smallest absolute Gasteiger partial charge is 0.241 e. The van der Waals surface area contributed by atoms with E-state index in [-0.39, 0.29) is 10.6 Å². The van der Waals surface area contributed by atoms with Crippen molar-refractivity contribution in [3.05, 3.63) is 23.3 Å². The molecule has 1 atom stereocenters. The van der Waals surface area contributed by atoms with E-state index in [2.05, 4.69) is 0 Å². The molecule has 0 aliphatic rings. The number of nitrogens with two attached hydrogens (primary N) is 1. The van der Waals surface area contributed by atoms with Crippen molar-refractivity contribution in [3.63, 3.8) is 0 Å². The molecule has 0 bridgehead atoms. The van der Waals surface area contributed by atoms with Crippen molar-refractivity contribution in [1.29, 1.82) is 5.26 Å². The molecule has 0 aliphatic heterocycles. The lowest BCUT2D eigenvalue weighted by Crippen LogP contribution is -2.17. The van der Waals surface area contributed by atoms with Crippen LogP contribution in [0.4, 0.5) is 0 Å². The van der Waals surface area contributed by atoms with Gasteiger partial charge in [0.05, 0.1) is 0 Å². The molecule has 92 valence electrons. The Labute approximate surface area is 101 Å². The molecule has 0 spiro atoms. The minimum atomic E-state index is -3.87. The second-order valence-corrected chi connectivity index (χ2v) is 5.37. The van der Waals surface area contributed by atoms with E-state index in [4.69, 9.17) is 15.1 Å². The molecular formula is C11H14N2O3S. The molecule has 0 amide bonds. The standard InChI is InChI=1S/C11H14N2O3S/c1-7-4-8(2)11(16-9(3)6-12)10(5-7)17(13,14)15/h4-5,9H,1-3H3,(H2,13,14,15). The zero-order valence-electron chi connectivity index (χ0n) is 9.89. The third kappa shape index (κ3) is 3.19. The zero-order chi connectivity index (χ0) is 13.2. The van der Waals surface area contributed by atoms with Crippen LogP contribution in [0.1, 0.15) is 18.1 Å². The molecule has 1 aromatic rings. The van der Waals surface area contributed by atoms with Crippen molar-refractivity contribution < 1.29 is 13.2 Å². The maximum absolute atomic E-state index is 11.4. The van der Waals surface area contributed by atoms with Crippen molar-refractivity contribution in [1.82, 2.24) is 0 Å². The van der Waals surface area contributed by atoms with E-state index in [0.29, 0.717) is 5.56 Å². The predicted molar refractivity (Wildman–Crippen MR) is 63.0 cm³/mol. The van der Waals surface area contributed by atoms with Crippen molar-refractivity contribution in [2.75, 3.05) is 0 Å². The first-order chi connectivity index (χ1) is 7.75. The van der Waals surface area contributed by atoms with E-state index in [9.17, 15) is 8.42 Å². The van der Waals surface area contributed by atoms with Gasteiger partial charge in [0.25, 0.3) is 0 Å². The molecular weight excluding hydrogens is 240 g/mol. The van der Waals surface area contributed by atoms with Crippen LogP contribution in [-0.2, 0) is 10.0 Å². The van der Waals surface area contributed by atoms with E-state index in [1.807, 2.05) is 6.07 Å². The van der Waals surface area contributed by atoms with Gasteiger partial charge in [-0.15, -0.1) is 0 Å². The fraction of sp³-hybridized carbons (Fsp3) is 0.364. The van der Waals surface area contributed by atoms with Gasteiger partial charge in [-0.1, -0.05) is 6.07 Å². The second-order valence-electron chi connectivity index (χ2n) is 3.84. The van der Waals surface area contributed by atoms with Crippen molar-refractivity contribution in [3.8, 4) is 11.8 Å². The molecule has 17 heavy (non-hydrogen) atoms. The fourth-order valence-corrected chi connectivity index (χ4v) is 2.30. The lowest BCUT2D eigenvalue weighted by Gasteiger charge is -2.15. The number of aryl methyl sites for hydroxylation is 2. The Kier molecular flexibility index (Phi) is 3.76. The number of rotatable bonds is 3. The molecule has 1 unspecified atom stereocenters. The Morgan fingerprint density at radius 2 is 2.00 bits per heavy atom. The van der Waals surface area contributed by atoms with E-state index in [1.165, 1.54) is 13.0 Å². The number of sulfonamides is 1. The van der Waals surface area contributed by atoms with E-state index < -0.39 is 16.1 Å². The number of ether oxygens (including phenoxy) is 1. The maximum Gasteiger partial charge on any atom is 0.241 e. The molecule has 0 radical (unpaired) electrons. The van der Waals surface area contributed by atoms with Crippen LogP contribution in [-0.4, -0.2) is 14.5 Å². The summed E-state index contributed by atoms with van der Waals surface area (Å²) in [5, 5.41) is 13.8. The van der Waals surface area contributed by atoms with Crippen LogP contribution in [0.5, 0.6) is 5.75 Å². The van der Waals surface area contributed by atoms with Crippen LogP contribution in [0, 0.1) is 25.2 Å². The number of nitriles is 1. The van der Waals surface area contributed by atoms with Gasteiger partial charge in [-0.2, -0.15) is 5.26 Å². The Hall–Kier alpha value is -1.58. The summed E-state index contributed by atoms with van der Waals surface area (Å²) >= 11 is 0. The van der Waals surface area contributed by atoms with E-state index in [0.717, 1.165) is 5.56 Å². The van der Waals surface area contributed by atoms with Crippen molar-refractivity contribution in [2.24, 2.45) is 5.14 Å². The molecule has 0 fully saturated rings. The summed E-state index contributed by atoms with van der Waals surface area (Å²) in [5.74, 6) is 0.146. The van der Waals surface area contributed by atoms with Crippen LogP contribution in [0.2, 0.25) is 0 Å². The van der Waals surface area contributed by atoms with Gasteiger partial charge in [-0.3, -0.25) is 0 Å². The number of hydrogen-bond acceptors (Lipinski definition) is 4. The molecule has 1 aromatic carbocycles. The highest BCUT2D eigenvalue weighted by Crippen LogP contribution is 2.29. The molecule has 0 saturated heterocycles. The first-order valence-corrected chi connectivity index (χ1v) is 6.50. The van der Waals surface area contributed by atoms with Gasteiger partial charge < -0.3 is 4.74 Å². The lowest BCUT2D eigenvalue weighted by molar-refractivity contribution is 0.267. The largest absolute Gasteiger partial charge is 0.474 e. The highest BCUT2D eigenvalue weighted by atomic mass is 32.2. The molecule has 0 aromatic heterocycles. The first kappa shape index (κ1) is 13.5. The molecule has 1 rings (SSSR count). The van der Waals surface area contributed by atoms with Gasteiger partial charge in [0.2, 0.25) is 10.0 Å². The van der Waals surface area contributed by atoms with Crippen LogP contribution in [0.25, 0.3) is 0 Å². The number of nitrogens with zero attached hydrogens (tertiary/aromatic N) is 1. The SMILES string of the molecule is Cc1cc(C)c(OC(C)C#N)c(S(N)(=O)=O)c1. The van der Waals surface area contributed by atoms with Crippen LogP contribution in [0.3, 0.4) is 0 Å². The van der Waals surface area contributed by atoms with Gasteiger partial charge in [0, 0.05) is 0 Å². The minimum absolute atomic E-state index is 0.0860. The highest BCUT2D eigenvalue weighted by molar-refractivity contribution is 7.89. The second kappa shape index (κ2) is 4.73. The summed E-state index contributed by atoms with van der Waals surface area (Å²) in [7, 11) is -3.87. The Bertz CT molecular complexity index is 573. The van der Waals surface area contributed by atoms with Gasteiger partial charge in [0.15, 0.2) is 6.10 Å². The average molecular weight is 254 g/mol. The van der Waals surface area contributed by atoms with Gasteiger partial charge >= 0.3 is 0 Å². The minimum Gasteiger partial charge on any atom is -0.474 e. The molecule has 6 heteroatoms. The maximum atomic E-state index is 11.4. The van der Waals surface area contributed by atoms with E-state index >= 15 is 0 Å². The molecule has 0 saturated carbocycles. The Morgan fingerprint density at radius 3 is 2.47 bits per heavy atom. The van der Waals surface area contributed by atoms with Crippen molar-refractivity contribution >= 4 is 10.0 Å². The summed E-state index contributed by atoms with van der Waals surface area (Å²) in [6.45, 7) is 5.01. The van der Waals surface area contributed by atoms with Gasteiger partial charge in [0.1, 0.15) is 16.7 Å². The zero-order valence-corrected chi connectivity index (χ0v) is 10.7. The van der Waals surface area contributed by atoms with E-state index in [1.54, 1.807) is 19.9 Å². The van der Waals surface area contributed by atoms with Gasteiger partial charge in [-0.05, 0) is 38.0 Å². The number of primary sulfonamides is 1. The number of hydrogen-bond donors (Lipinski definition) is 1. The topological polar surface area (TPSA) is 93.2 Å². The van der Waals surface area contributed by atoms with Crippen LogP contribution in [0.15, 0.2) is 17.0 Å². The Balaban J connectivity index is 3.43. The molecule has 5 nitrogen and oxygen atoms in total. The summed E-state index contributed by atoms with van der Waals surface area (Å²) < 4.78 is 28.2.